The fourth-order valence-electron chi connectivity index (χ4n) is 1.28. The summed E-state index contributed by atoms with van der Waals surface area (Å²) in [7, 11) is 0. The Morgan fingerprint density at radius 1 is 1.45 bits per heavy atom. The second-order valence-corrected chi connectivity index (χ2v) is 4.48. The van der Waals surface area contributed by atoms with Crippen LogP contribution in [0.2, 0.25) is 10.0 Å². The number of nitro groups is 1. The molecule has 2 N–H and O–H groups in total. The first-order valence-electron chi connectivity index (χ1n) is 5.55. The number of nitro benzene ring substituents is 1. The van der Waals surface area contributed by atoms with E-state index in [1.165, 1.54) is 0 Å². The Bertz CT molecular complexity index is 501. The minimum atomic E-state index is -1.00. The lowest BCUT2D eigenvalue weighted by atomic mass is 10.3. The van der Waals surface area contributed by atoms with Crippen molar-refractivity contribution in [3.8, 4) is 5.75 Å². The summed E-state index contributed by atoms with van der Waals surface area (Å²) in [6.07, 6.45) is 0. The summed E-state index contributed by atoms with van der Waals surface area (Å²) in [6, 6.07) is 1.19. The molecule has 110 valence electrons. The van der Waals surface area contributed by atoms with Gasteiger partial charge in [0.25, 0.3) is 5.69 Å². The molecular formula is C11H12Cl2N2O5. The van der Waals surface area contributed by atoms with Crippen molar-refractivity contribution in [3.63, 3.8) is 0 Å². The quantitative estimate of drug-likeness (QED) is 0.489. The maximum atomic E-state index is 11.3. The lowest BCUT2D eigenvalue weighted by molar-refractivity contribution is -0.384. The zero-order chi connectivity index (χ0) is 15.3. The van der Waals surface area contributed by atoms with E-state index in [0.29, 0.717) is 0 Å². The Kier molecular flexibility index (Phi) is 6.00. The highest BCUT2D eigenvalue weighted by atomic mass is 35.5. The molecule has 1 unspecified atom stereocenters. The van der Waals surface area contributed by atoms with Gasteiger partial charge < -0.3 is 15.2 Å². The first-order valence-corrected chi connectivity index (χ1v) is 6.30. The fourth-order valence-corrected chi connectivity index (χ4v) is 1.86. The SMILES string of the molecule is CCOC(=O)C(N)COc1c(Cl)cc([N+](=O)[O-])cc1Cl. The summed E-state index contributed by atoms with van der Waals surface area (Å²) < 4.78 is 9.92. The van der Waals surface area contributed by atoms with E-state index in [1.54, 1.807) is 6.92 Å². The van der Waals surface area contributed by atoms with E-state index >= 15 is 0 Å². The van der Waals surface area contributed by atoms with Gasteiger partial charge >= 0.3 is 5.97 Å². The van der Waals surface area contributed by atoms with Gasteiger partial charge in [-0.25, -0.2) is 0 Å². The van der Waals surface area contributed by atoms with Crippen LogP contribution < -0.4 is 10.5 Å². The molecule has 0 aliphatic carbocycles. The van der Waals surface area contributed by atoms with E-state index in [1.807, 2.05) is 0 Å². The van der Waals surface area contributed by atoms with Crippen LogP contribution in [0.5, 0.6) is 5.75 Å². The molecule has 0 aliphatic heterocycles. The van der Waals surface area contributed by atoms with Gasteiger partial charge in [-0.1, -0.05) is 23.2 Å². The molecule has 0 saturated heterocycles. The van der Waals surface area contributed by atoms with E-state index < -0.39 is 16.9 Å². The molecule has 9 heteroatoms. The fraction of sp³-hybridized carbons (Fsp3) is 0.364. The van der Waals surface area contributed by atoms with E-state index in [-0.39, 0.29) is 34.7 Å². The Labute approximate surface area is 124 Å². The molecule has 0 bridgehead atoms. The highest BCUT2D eigenvalue weighted by molar-refractivity contribution is 6.37. The van der Waals surface area contributed by atoms with Gasteiger partial charge in [-0.05, 0) is 6.92 Å². The molecule has 0 fully saturated rings. The van der Waals surface area contributed by atoms with Crippen LogP contribution in [0, 0.1) is 10.1 Å². The van der Waals surface area contributed by atoms with Crippen LogP contribution in [0.25, 0.3) is 0 Å². The maximum absolute atomic E-state index is 11.3. The number of esters is 1. The molecule has 1 aromatic rings. The zero-order valence-electron chi connectivity index (χ0n) is 10.5. The second-order valence-electron chi connectivity index (χ2n) is 3.67. The Morgan fingerprint density at radius 3 is 2.45 bits per heavy atom. The standard InChI is InChI=1S/C11H12Cl2N2O5/c1-2-19-11(16)9(14)5-20-10-7(12)3-6(15(17)18)4-8(10)13/h3-4,9H,2,5,14H2,1H3. The number of hydrogen-bond acceptors (Lipinski definition) is 6. The van der Waals surface area contributed by atoms with Gasteiger partial charge in [0.2, 0.25) is 0 Å². The van der Waals surface area contributed by atoms with Crippen molar-refractivity contribution in [1.82, 2.24) is 0 Å². The Hall–Kier alpha value is -1.57. The van der Waals surface area contributed by atoms with Gasteiger partial charge in [0, 0.05) is 12.1 Å². The van der Waals surface area contributed by atoms with Crippen LogP contribution in [0.1, 0.15) is 6.92 Å². The van der Waals surface area contributed by atoms with Crippen LogP contribution in [-0.2, 0) is 9.53 Å². The summed E-state index contributed by atoms with van der Waals surface area (Å²) in [5, 5.41) is 10.5. The molecule has 20 heavy (non-hydrogen) atoms. The molecule has 0 radical (unpaired) electrons. The zero-order valence-corrected chi connectivity index (χ0v) is 12.0. The van der Waals surface area contributed by atoms with Crippen molar-refractivity contribution in [2.75, 3.05) is 13.2 Å². The summed E-state index contributed by atoms with van der Waals surface area (Å²) >= 11 is 11.7. The third-order valence-corrected chi connectivity index (χ3v) is 2.75. The second kappa shape index (κ2) is 7.28. The van der Waals surface area contributed by atoms with Crippen LogP contribution in [0.4, 0.5) is 5.69 Å². The van der Waals surface area contributed by atoms with Crippen molar-refractivity contribution < 1.29 is 19.2 Å². The summed E-state index contributed by atoms with van der Waals surface area (Å²) in [4.78, 5) is 21.3. The number of hydrogen-bond donors (Lipinski definition) is 1. The van der Waals surface area contributed by atoms with Crippen molar-refractivity contribution in [2.24, 2.45) is 5.73 Å². The van der Waals surface area contributed by atoms with Gasteiger partial charge in [0.1, 0.15) is 12.6 Å². The summed E-state index contributed by atoms with van der Waals surface area (Å²) in [6.45, 7) is 1.64. The van der Waals surface area contributed by atoms with Crippen molar-refractivity contribution in [1.29, 1.82) is 0 Å². The van der Waals surface area contributed by atoms with Crippen molar-refractivity contribution in [3.05, 3.63) is 32.3 Å². The predicted octanol–water partition coefficient (Wildman–Crippen LogP) is 2.17. The van der Waals surface area contributed by atoms with Gasteiger partial charge in [0.05, 0.1) is 21.6 Å². The number of halogens is 2. The van der Waals surface area contributed by atoms with Gasteiger partial charge in [-0.15, -0.1) is 0 Å². The third kappa shape index (κ3) is 4.22. The molecule has 0 saturated carbocycles. The lowest BCUT2D eigenvalue weighted by Crippen LogP contribution is -2.37. The number of non-ortho nitro benzene ring substituents is 1. The maximum Gasteiger partial charge on any atom is 0.326 e. The van der Waals surface area contributed by atoms with Gasteiger partial charge in [-0.2, -0.15) is 0 Å². The molecule has 0 heterocycles. The number of carbonyl (C=O) groups is 1. The average Bonchev–Trinajstić information content (AvgIpc) is 2.37. The van der Waals surface area contributed by atoms with Gasteiger partial charge in [0.15, 0.2) is 5.75 Å². The average molecular weight is 323 g/mol. The first-order chi connectivity index (χ1) is 9.36. The lowest BCUT2D eigenvalue weighted by Gasteiger charge is -2.13. The molecule has 7 nitrogen and oxygen atoms in total. The minimum Gasteiger partial charge on any atom is -0.488 e. The topological polar surface area (TPSA) is 105 Å². The van der Waals surface area contributed by atoms with Crippen LogP contribution >= 0.6 is 23.2 Å². The van der Waals surface area contributed by atoms with Crippen molar-refractivity contribution in [2.45, 2.75) is 13.0 Å². The van der Waals surface area contributed by atoms with E-state index in [9.17, 15) is 14.9 Å². The van der Waals surface area contributed by atoms with E-state index in [0.717, 1.165) is 12.1 Å². The normalized spacial score (nSPS) is 11.8. The van der Waals surface area contributed by atoms with E-state index in [4.69, 9.17) is 38.4 Å². The highest BCUT2D eigenvalue weighted by Gasteiger charge is 2.19. The Morgan fingerprint density at radius 2 is 2.00 bits per heavy atom. The molecular weight excluding hydrogens is 311 g/mol. The van der Waals surface area contributed by atoms with Crippen LogP contribution in [0.3, 0.4) is 0 Å². The molecule has 0 aromatic heterocycles. The van der Waals surface area contributed by atoms with Crippen LogP contribution in [-0.4, -0.2) is 30.1 Å². The monoisotopic (exact) mass is 322 g/mol. The number of carbonyl (C=O) groups excluding carboxylic acids is 1. The molecule has 1 aromatic carbocycles. The number of ether oxygens (including phenoxy) is 2. The smallest absolute Gasteiger partial charge is 0.326 e. The molecule has 0 amide bonds. The van der Waals surface area contributed by atoms with Crippen molar-refractivity contribution >= 4 is 34.9 Å². The number of rotatable bonds is 6. The largest absolute Gasteiger partial charge is 0.488 e. The molecule has 1 rings (SSSR count). The molecule has 0 spiro atoms. The van der Waals surface area contributed by atoms with Crippen LogP contribution in [0.15, 0.2) is 12.1 Å². The van der Waals surface area contributed by atoms with E-state index in [2.05, 4.69) is 0 Å². The highest BCUT2D eigenvalue weighted by Crippen LogP contribution is 2.36. The molecule has 1 atom stereocenters. The minimum absolute atomic E-state index is 0.0266. The number of nitrogens with two attached hydrogens (primary N) is 1. The Balaban J connectivity index is 2.78. The number of nitrogens with zero attached hydrogens (tertiary/aromatic N) is 1. The van der Waals surface area contributed by atoms with Gasteiger partial charge in [-0.3, -0.25) is 14.9 Å². The summed E-state index contributed by atoms with van der Waals surface area (Å²) in [5.74, 6) is -0.597. The summed E-state index contributed by atoms with van der Waals surface area (Å²) in [5.41, 5.74) is 5.27. The predicted molar refractivity (Wildman–Crippen MR) is 73.2 cm³/mol. The number of benzene rings is 1. The third-order valence-electron chi connectivity index (χ3n) is 2.19. The molecule has 0 aliphatic rings. The first kappa shape index (κ1) is 16.5.